The lowest BCUT2D eigenvalue weighted by atomic mass is 10.1. The zero-order chi connectivity index (χ0) is 17.4. The average Bonchev–Trinajstić information content (AvgIpc) is 3.04. The minimum Gasteiger partial charge on any atom is -0.507 e. The van der Waals surface area contributed by atoms with E-state index in [9.17, 15) is 5.11 Å². The Labute approximate surface area is 144 Å². The van der Waals surface area contributed by atoms with Crippen LogP contribution in [0.2, 0.25) is 0 Å². The number of hydrogen-bond donors (Lipinski definition) is 2. The summed E-state index contributed by atoms with van der Waals surface area (Å²) in [6.07, 6.45) is 1.68. The van der Waals surface area contributed by atoms with E-state index in [4.69, 9.17) is 12.2 Å². The van der Waals surface area contributed by atoms with E-state index in [1.807, 2.05) is 45.9 Å². The van der Waals surface area contributed by atoms with Crippen molar-refractivity contribution in [3.05, 3.63) is 51.0 Å². The minimum atomic E-state index is 0.301. The molecule has 0 spiro atoms. The average molecular weight is 342 g/mol. The van der Waals surface area contributed by atoms with Crippen LogP contribution in [0.15, 0.2) is 23.3 Å². The van der Waals surface area contributed by atoms with Crippen molar-refractivity contribution in [3.63, 3.8) is 0 Å². The molecular weight excluding hydrogens is 324 g/mol. The molecule has 0 saturated heterocycles. The van der Waals surface area contributed by atoms with Crippen LogP contribution < -0.4 is 0 Å². The lowest BCUT2D eigenvalue weighted by Crippen LogP contribution is -2.07. The van der Waals surface area contributed by atoms with Gasteiger partial charge >= 0.3 is 0 Å². The summed E-state index contributed by atoms with van der Waals surface area (Å²) in [5.41, 5.74) is 4.29. The van der Waals surface area contributed by atoms with Gasteiger partial charge < -0.3 is 5.11 Å². The predicted molar refractivity (Wildman–Crippen MR) is 94.6 cm³/mol. The highest BCUT2D eigenvalue weighted by molar-refractivity contribution is 7.71. The molecule has 0 aliphatic heterocycles. The first-order valence-corrected chi connectivity index (χ1v) is 7.83. The van der Waals surface area contributed by atoms with Gasteiger partial charge in [-0.1, -0.05) is 0 Å². The molecule has 1 aromatic carbocycles. The van der Waals surface area contributed by atoms with Crippen LogP contribution in [0.5, 0.6) is 5.75 Å². The number of H-pyrrole nitrogens is 1. The molecule has 0 unspecified atom stereocenters. The van der Waals surface area contributed by atoms with Gasteiger partial charge in [-0.15, -0.1) is 5.10 Å². The molecule has 2 N–H and O–H groups in total. The number of benzene rings is 1. The maximum absolute atomic E-state index is 9.86. The second kappa shape index (κ2) is 6.04. The maximum Gasteiger partial charge on any atom is 0.271 e. The quantitative estimate of drug-likeness (QED) is 0.566. The summed E-state index contributed by atoms with van der Waals surface area (Å²) in [6, 6.07) is 5.68. The third-order valence-electron chi connectivity index (χ3n) is 3.67. The fourth-order valence-electron chi connectivity index (χ4n) is 2.54. The van der Waals surface area contributed by atoms with Crippen LogP contribution in [-0.4, -0.2) is 36.0 Å². The second-order valence-electron chi connectivity index (χ2n) is 5.73. The first-order valence-electron chi connectivity index (χ1n) is 7.42. The molecule has 0 fully saturated rings. The number of rotatable bonds is 3. The molecule has 0 aliphatic rings. The molecule has 8 heteroatoms. The van der Waals surface area contributed by atoms with Crippen LogP contribution >= 0.6 is 12.2 Å². The Bertz CT molecular complexity index is 971. The third kappa shape index (κ3) is 2.88. The van der Waals surface area contributed by atoms with Crippen molar-refractivity contribution in [2.45, 2.75) is 27.7 Å². The van der Waals surface area contributed by atoms with Crippen LogP contribution in [0.25, 0.3) is 5.95 Å². The molecule has 0 atom stereocenters. The molecule has 3 aromatic rings. The van der Waals surface area contributed by atoms with Gasteiger partial charge in [-0.05, 0) is 74.8 Å². The molecule has 0 aliphatic carbocycles. The zero-order valence-corrected chi connectivity index (χ0v) is 14.7. The van der Waals surface area contributed by atoms with E-state index in [0.717, 1.165) is 28.1 Å². The van der Waals surface area contributed by atoms with Crippen molar-refractivity contribution in [1.29, 1.82) is 0 Å². The Morgan fingerprint density at radius 2 is 1.83 bits per heavy atom. The molecule has 124 valence electrons. The van der Waals surface area contributed by atoms with E-state index >= 15 is 0 Å². The topological polar surface area (TPSA) is 84.0 Å². The van der Waals surface area contributed by atoms with E-state index < -0.39 is 0 Å². The summed E-state index contributed by atoms with van der Waals surface area (Å²) in [5.74, 6) is 0.796. The number of nitrogens with one attached hydrogen (secondary N) is 1. The SMILES string of the molecule is Cc1cc(C)n(-c2n[nH]c(=S)n2/N=C/c2cc(C)c(O)c(C)c2)n1. The van der Waals surface area contributed by atoms with Crippen molar-refractivity contribution in [2.24, 2.45) is 5.10 Å². The Hall–Kier alpha value is -2.74. The lowest BCUT2D eigenvalue weighted by molar-refractivity contribution is 0.467. The Kier molecular flexibility index (Phi) is 4.06. The number of phenols is 1. The number of aromatic nitrogens is 5. The lowest BCUT2D eigenvalue weighted by Gasteiger charge is -2.05. The Morgan fingerprint density at radius 3 is 2.42 bits per heavy atom. The van der Waals surface area contributed by atoms with Crippen molar-refractivity contribution in [2.75, 3.05) is 0 Å². The van der Waals surface area contributed by atoms with E-state index in [1.165, 1.54) is 4.68 Å². The molecule has 2 aromatic heterocycles. The van der Waals surface area contributed by atoms with Crippen molar-refractivity contribution in [3.8, 4) is 11.7 Å². The van der Waals surface area contributed by atoms with Crippen molar-refractivity contribution in [1.82, 2.24) is 24.7 Å². The Balaban J connectivity index is 2.04. The van der Waals surface area contributed by atoms with Gasteiger partial charge in [0.05, 0.1) is 11.9 Å². The predicted octanol–water partition coefficient (Wildman–Crippen LogP) is 2.95. The summed E-state index contributed by atoms with van der Waals surface area (Å²) >= 11 is 5.26. The van der Waals surface area contributed by atoms with Crippen LogP contribution in [0.3, 0.4) is 0 Å². The number of phenolic OH excluding ortho intramolecular Hbond substituents is 1. The molecule has 0 amide bonds. The number of hydrogen-bond acceptors (Lipinski definition) is 5. The number of aryl methyl sites for hydroxylation is 4. The van der Waals surface area contributed by atoms with Crippen LogP contribution in [0.1, 0.15) is 28.1 Å². The zero-order valence-electron chi connectivity index (χ0n) is 13.9. The third-order valence-corrected chi connectivity index (χ3v) is 3.93. The first-order chi connectivity index (χ1) is 11.4. The molecule has 3 rings (SSSR count). The second-order valence-corrected chi connectivity index (χ2v) is 6.11. The molecule has 0 bridgehead atoms. The summed E-state index contributed by atoms with van der Waals surface area (Å²) < 4.78 is 3.58. The minimum absolute atomic E-state index is 0.301. The Morgan fingerprint density at radius 1 is 1.17 bits per heavy atom. The number of nitrogens with zero attached hydrogens (tertiary/aromatic N) is 5. The molecule has 0 saturated carbocycles. The van der Waals surface area contributed by atoms with Gasteiger partial charge in [0.25, 0.3) is 5.95 Å². The molecule has 0 radical (unpaired) electrons. The number of aromatic hydroxyl groups is 1. The molecule has 24 heavy (non-hydrogen) atoms. The standard InChI is InChI=1S/C16H18N6OS/c1-9-5-13(6-10(2)14(9)23)8-17-22-15(18-19-16(22)24)21-12(4)7-11(3)20-21/h5-8,23H,1-4H3,(H,19,24)/b17-8+. The van der Waals surface area contributed by atoms with Gasteiger partial charge in [-0.2, -0.15) is 14.9 Å². The van der Waals surface area contributed by atoms with Gasteiger partial charge in [0.2, 0.25) is 4.77 Å². The molecular formula is C16H18N6OS. The van der Waals surface area contributed by atoms with Gasteiger partial charge in [0.15, 0.2) is 0 Å². The van der Waals surface area contributed by atoms with Crippen LogP contribution in [-0.2, 0) is 0 Å². The highest BCUT2D eigenvalue weighted by Crippen LogP contribution is 2.22. The van der Waals surface area contributed by atoms with Crippen molar-refractivity contribution >= 4 is 18.4 Å². The monoisotopic (exact) mass is 342 g/mol. The fraction of sp³-hybridized carbons (Fsp3) is 0.250. The summed E-state index contributed by atoms with van der Waals surface area (Å²) in [4.78, 5) is 0. The normalized spacial score (nSPS) is 11.5. The largest absolute Gasteiger partial charge is 0.507 e. The maximum atomic E-state index is 9.86. The van der Waals surface area contributed by atoms with Gasteiger partial charge in [0.1, 0.15) is 5.75 Å². The fourth-order valence-corrected chi connectivity index (χ4v) is 2.72. The summed E-state index contributed by atoms with van der Waals surface area (Å²) in [7, 11) is 0. The van der Waals surface area contributed by atoms with Crippen LogP contribution in [0.4, 0.5) is 0 Å². The van der Waals surface area contributed by atoms with Gasteiger partial charge in [-0.3, -0.25) is 0 Å². The number of aromatic amines is 1. The highest BCUT2D eigenvalue weighted by atomic mass is 32.1. The van der Waals surface area contributed by atoms with Gasteiger partial charge in [-0.25, -0.2) is 9.78 Å². The van der Waals surface area contributed by atoms with E-state index in [-0.39, 0.29) is 0 Å². The first kappa shape index (κ1) is 16.1. The van der Waals surface area contributed by atoms with Gasteiger partial charge in [0, 0.05) is 5.69 Å². The van der Waals surface area contributed by atoms with E-state index in [1.54, 1.807) is 10.9 Å². The van der Waals surface area contributed by atoms with E-state index in [0.29, 0.717) is 16.5 Å². The molecule has 7 nitrogen and oxygen atoms in total. The summed E-state index contributed by atoms with van der Waals surface area (Å²) in [6.45, 7) is 7.56. The van der Waals surface area contributed by atoms with Crippen LogP contribution in [0, 0.1) is 32.5 Å². The summed E-state index contributed by atoms with van der Waals surface area (Å²) in [5, 5.41) is 25.7. The highest BCUT2D eigenvalue weighted by Gasteiger charge is 2.11. The smallest absolute Gasteiger partial charge is 0.271 e. The van der Waals surface area contributed by atoms with Crippen molar-refractivity contribution < 1.29 is 5.11 Å². The van der Waals surface area contributed by atoms with E-state index in [2.05, 4.69) is 20.4 Å². The molecule has 2 heterocycles.